The molecule has 2 atom stereocenters. The van der Waals surface area contributed by atoms with Crippen LogP contribution in [0.5, 0.6) is 5.75 Å². The third-order valence-corrected chi connectivity index (χ3v) is 6.51. The van der Waals surface area contributed by atoms with Crippen LogP contribution in [0.1, 0.15) is 35.9 Å². The lowest BCUT2D eigenvalue weighted by Crippen LogP contribution is -3.14. The van der Waals surface area contributed by atoms with Crippen LogP contribution in [0.4, 0.5) is 5.69 Å². The van der Waals surface area contributed by atoms with E-state index in [0.29, 0.717) is 12.3 Å². The number of para-hydroxylation sites is 1. The zero-order valence-corrected chi connectivity index (χ0v) is 17.1. The van der Waals surface area contributed by atoms with Crippen LogP contribution in [0, 0.1) is 6.92 Å². The summed E-state index contributed by atoms with van der Waals surface area (Å²) >= 11 is 1.76. The van der Waals surface area contributed by atoms with Crippen molar-refractivity contribution in [2.24, 2.45) is 0 Å². The first-order valence-corrected chi connectivity index (χ1v) is 10.6. The number of aryl methyl sites for hydroxylation is 1. The van der Waals surface area contributed by atoms with Crippen molar-refractivity contribution < 1.29 is 14.4 Å². The molecule has 28 heavy (non-hydrogen) atoms. The summed E-state index contributed by atoms with van der Waals surface area (Å²) < 4.78 is 6.60. The standard InChI is InChI=1S/C22H25N3O2S/c1-15-10-11-19(27-2)17(13-15)23-21(26)14-25-12-6-5-8-18(25)22-24-16-7-3-4-9-20(16)28-22/h3-4,7,9-11,13,18H,5-6,8,12,14H2,1-2H3,(H,23,26)/p+1/t18-/m0/s1. The molecule has 3 aromatic rings. The fourth-order valence-electron chi connectivity index (χ4n) is 3.95. The monoisotopic (exact) mass is 396 g/mol. The number of ether oxygens (including phenoxy) is 1. The molecule has 1 aliphatic heterocycles. The molecule has 1 fully saturated rings. The third kappa shape index (κ3) is 4.03. The molecular formula is C22H26N3O2S+. The van der Waals surface area contributed by atoms with Crippen molar-refractivity contribution in [1.82, 2.24) is 4.98 Å². The third-order valence-electron chi connectivity index (χ3n) is 5.36. The molecule has 0 saturated carbocycles. The Labute approximate surface area is 169 Å². The lowest BCUT2D eigenvalue weighted by molar-refractivity contribution is -0.929. The summed E-state index contributed by atoms with van der Waals surface area (Å²) in [7, 11) is 1.62. The first-order chi connectivity index (χ1) is 13.6. The van der Waals surface area contributed by atoms with Crippen molar-refractivity contribution in [2.75, 3.05) is 25.5 Å². The van der Waals surface area contributed by atoms with Gasteiger partial charge in [-0.1, -0.05) is 18.2 Å². The minimum atomic E-state index is 0.0203. The predicted molar refractivity (Wildman–Crippen MR) is 113 cm³/mol. The maximum absolute atomic E-state index is 12.8. The number of hydrogen-bond donors (Lipinski definition) is 2. The van der Waals surface area contributed by atoms with E-state index in [-0.39, 0.29) is 11.9 Å². The van der Waals surface area contributed by atoms with E-state index in [1.54, 1.807) is 18.4 Å². The summed E-state index contributed by atoms with van der Waals surface area (Å²) in [6.07, 6.45) is 3.42. The van der Waals surface area contributed by atoms with Crippen LogP contribution in [0.2, 0.25) is 0 Å². The molecule has 0 radical (unpaired) electrons. The highest BCUT2D eigenvalue weighted by Gasteiger charge is 2.32. The number of fused-ring (bicyclic) bond motifs is 1. The summed E-state index contributed by atoms with van der Waals surface area (Å²) in [5, 5.41) is 4.20. The number of rotatable bonds is 5. The Balaban J connectivity index is 1.50. The maximum Gasteiger partial charge on any atom is 0.279 e. The second-order valence-corrected chi connectivity index (χ2v) is 8.47. The van der Waals surface area contributed by atoms with Gasteiger partial charge in [0, 0.05) is 6.42 Å². The number of thiazole rings is 1. The predicted octanol–water partition coefficient (Wildman–Crippen LogP) is 3.36. The first kappa shape index (κ1) is 18.9. The van der Waals surface area contributed by atoms with Gasteiger partial charge < -0.3 is 15.0 Å². The average molecular weight is 397 g/mol. The summed E-state index contributed by atoms with van der Waals surface area (Å²) in [5.74, 6) is 0.710. The molecule has 1 aliphatic rings. The fourth-order valence-corrected chi connectivity index (χ4v) is 5.11. The number of amides is 1. The molecular weight excluding hydrogens is 370 g/mol. The van der Waals surface area contributed by atoms with E-state index < -0.39 is 0 Å². The molecule has 1 aromatic heterocycles. The molecule has 5 nitrogen and oxygen atoms in total. The van der Waals surface area contributed by atoms with Gasteiger partial charge >= 0.3 is 0 Å². The number of quaternary nitrogens is 1. The maximum atomic E-state index is 12.8. The zero-order valence-electron chi connectivity index (χ0n) is 16.3. The van der Waals surface area contributed by atoms with E-state index in [1.165, 1.54) is 16.0 Å². The molecule has 4 rings (SSSR count). The smallest absolute Gasteiger partial charge is 0.279 e. The number of anilines is 1. The van der Waals surface area contributed by atoms with E-state index >= 15 is 0 Å². The van der Waals surface area contributed by atoms with Crippen molar-refractivity contribution in [2.45, 2.75) is 32.2 Å². The van der Waals surface area contributed by atoms with Crippen molar-refractivity contribution in [3.05, 3.63) is 53.0 Å². The van der Waals surface area contributed by atoms with Crippen molar-refractivity contribution >= 4 is 33.1 Å². The number of nitrogens with one attached hydrogen (secondary N) is 2. The topological polar surface area (TPSA) is 55.7 Å². The molecule has 2 heterocycles. The SMILES string of the molecule is COc1ccc(C)cc1NC(=O)C[NH+]1CCCC[C@H]1c1nc2ccccc2s1. The molecule has 0 spiro atoms. The van der Waals surface area contributed by atoms with Crippen molar-refractivity contribution in [1.29, 1.82) is 0 Å². The average Bonchev–Trinajstić information content (AvgIpc) is 3.12. The fraction of sp³-hybridized carbons (Fsp3) is 0.364. The number of nitrogens with zero attached hydrogens (tertiary/aromatic N) is 1. The normalized spacial score (nSPS) is 19.5. The van der Waals surface area contributed by atoms with E-state index in [1.807, 2.05) is 31.2 Å². The van der Waals surface area contributed by atoms with Crippen LogP contribution in [-0.4, -0.2) is 31.1 Å². The van der Waals surface area contributed by atoms with Crippen molar-refractivity contribution in [3.63, 3.8) is 0 Å². The largest absolute Gasteiger partial charge is 0.495 e. The molecule has 1 unspecified atom stereocenters. The van der Waals surface area contributed by atoms with Gasteiger partial charge in [0.05, 0.1) is 29.6 Å². The number of hydrogen-bond acceptors (Lipinski definition) is 4. The van der Waals surface area contributed by atoms with Crippen LogP contribution in [0.3, 0.4) is 0 Å². The number of carbonyl (C=O) groups excluding carboxylic acids is 1. The number of aromatic nitrogens is 1. The molecule has 1 amide bonds. The van der Waals surface area contributed by atoms with Crippen LogP contribution in [-0.2, 0) is 4.79 Å². The number of likely N-dealkylation sites (tertiary alicyclic amines) is 1. The second kappa shape index (κ2) is 8.29. The van der Waals surface area contributed by atoms with E-state index in [9.17, 15) is 4.79 Å². The van der Waals surface area contributed by atoms with Gasteiger partial charge in [-0.15, -0.1) is 11.3 Å². The summed E-state index contributed by atoms with van der Waals surface area (Å²) in [6.45, 7) is 3.45. The Kier molecular flexibility index (Phi) is 5.59. The van der Waals surface area contributed by atoms with Gasteiger partial charge in [0.15, 0.2) is 11.6 Å². The Hall–Kier alpha value is -2.44. The van der Waals surface area contributed by atoms with Crippen molar-refractivity contribution in [3.8, 4) is 5.75 Å². The molecule has 146 valence electrons. The molecule has 0 aliphatic carbocycles. The number of methoxy groups -OCH3 is 1. The lowest BCUT2D eigenvalue weighted by Gasteiger charge is -2.30. The Morgan fingerprint density at radius 3 is 2.96 bits per heavy atom. The summed E-state index contributed by atoms with van der Waals surface area (Å²) in [5.41, 5.74) is 2.88. The zero-order chi connectivity index (χ0) is 19.5. The van der Waals surface area contributed by atoms with Gasteiger partial charge in [-0.2, -0.15) is 0 Å². The molecule has 2 aromatic carbocycles. The van der Waals surface area contributed by atoms with E-state index in [0.717, 1.165) is 41.2 Å². The summed E-state index contributed by atoms with van der Waals surface area (Å²) in [4.78, 5) is 19.0. The minimum Gasteiger partial charge on any atom is -0.495 e. The van der Waals surface area contributed by atoms with Crippen LogP contribution in [0.15, 0.2) is 42.5 Å². The van der Waals surface area contributed by atoms with E-state index in [4.69, 9.17) is 9.72 Å². The van der Waals surface area contributed by atoms with Crippen LogP contribution < -0.4 is 15.0 Å². The number of carbonyl (C=O) groups is 1. The first-order valence-electron chi connectivity index (χ1n) is 9.78. The Bertz CT molecular complexity index is 952. The molecule has 0 bridgehead atoms. The Morgan fingerprint density at radius 1 is 1.29 bits per heavy atom. The highest BCUT2D eigenvalue weighted by atomic mass is 32.1. The molecule has 2 N–H and O–H groups in total. The van der Waals surface area contributed by atoms with Crippen LogP contribution >= 0.6 is 11.3 Å². The van der Waals surface area contributed by atoms with Gasteiger partial charge in [0.2, 0.25) is 0 Å². The molecule has 1 saturated heterocycles. The highest BCUT2D eigenvalue weighted by molar-refractivity contribution is 7.18. The number of piperidine rings is 1. The quantitative estimate of drug-likeness (QED) is 0.695. The summed E-state index contributed by atoms with van der Waals surface area (Å²) in [6, 6.07) is 14.4. The highest BCUT2D eigenvalue weighted by Crippen LogP contribution is 2.29. The lowest BCUT2D eigenvalue weighted by atomic mass is 10.0. The van der Waals surface area contributed by atoms with Crippen LogP contribution in [0.25, 0.3) is 10.2 Å². The van der Waals surface area contributed by atoms with Gasteiger partial charge in [0.25, 0.3) is 5.91 Å². The van der Waals surface area contributed by atoms with Gasteiger partial charge in [-0.25, -0.2) is 4.98 Å². The Morgan fingerprint density at radius 2 is 2.14 bits per heavy atom. The van der Waals surface area contributed by atoms with Gasteiger partial charge in [0.1, 0.15) is 11.8 Å². The van der Waals surface area contributed by atoms with Gasteiger partial charge in [-0.3, -0.25) is 4.79 Å². The molecule has 6 heteroatoms. The minimum absolute atomic E-state index is 0.0203. The van der Waals surface area contributed by atoms with Gasteiger partial charge in [-0.05, 0) is 49.6 Å². The second-order valence-electron chi connectivity index (χ2n) is 7.41. The number of benzene rings is 2. The van der Waals surface area contributed by atoms with E-state index in [2.05, 4.69) is 23.5 Å².